The van der Waals surface area contributed by atoms with Crippen molar-refractivity contribution in [3.05, 3.63) is 54.0 Å². The minimum absolute atomic E-state index is 0.00627. The third kappa shape index (κ3) is 7.52. The third-order valence-corrected chi connectivity index (χ3v) is 8.93. The van der Waals surface area contributed by atoms with Gasteiger partial charge >= 0.3 is 13.7 Å². The van der Waals surface area contributed by atoms with Gasteiger partial charge in [-0.25, -0.2) is 14.1 Å². The van der Waals surface area contributed by atoms with E-state index in [-0.39, 0.29) is 30.2 Å². The van der Waals surface area contributed by atoms with Crippen LogP contribution < -0.4 is 15.3 Å². The maximum absolute atomic E-state index is 14.1. The second-order valence-corrected chi connectivity index (χ2v) is 13.3. The number of nitrogens with one attached hydrogen (secondary N) is 1. The van der Waals surface area contributed by atoms with E-state index in [1.807, 2.05) is 12.1 Å². The summed E-state index contributed by atoms with van der Waals surface area (Å²) in [7, 11) is -1.39. The average Bonchev–Trinajstić information content (AvgIpc) is 3.53. The van der Waals surface area contributed by atoms with Crippen molar-refractivity contribution in [3.63, 3.8) is 0 Å². The molecule has 5 N–H and O–H groups in total. The summed E-state index contributed by atoms with van der Waals surface area (Å²) in [4.78, 5) is 20.6. The first kappa shape index (κ1) is 34.4. The van der Waals surface area contributed by atoms with Gasteiger partial charge in [-0.2, -0.15) is 10.2 Å². The fourth-order valence-corrected chi connectivity index (χ4v) is 6.36. The van der Waals surface area contributed by atoms with Gasteiger partial charge in [0, 0.05) is 20.4 Å². The Balaban J connectivity index is 1.59. The van der Waals surface area contributed by atoms with Crippen LogP contribution in [0.4, 0.5) is 5.82 Å². The van der Waals surface area contributed by atoms with Gasteiger partial charge in [0.1, 0.15) is 48.6 Å². The highest BCUT2D eigenvalue weighted by atomic mass is 31.2. The number of fused-ring (bicyclic) bond motifs is 1. The lowest BCUT2D eigenvalue weighted by Crippen LogP contribution is -2.43. The van der Waals surface area contributed by atoms with Crippen molar-refractivity contribution in [2.45, 2.75) is 63.1 Å². The first-order valence-corrected chi connectivity index (χ1v) is 15.8. The highest BCUT2D eigenvalue weighted by Gasteiger charge is 2.56. The molecule has 0 radical (unpaired) electrons. The van der Waals surface area contributed by atoms with Crippen LogP contribution in [0.5, 0.6) is 5.75 Å². The topological polar surface area (TPSA) is 201 Å². The lowest BCUT2D eigenvalue weighted by atomic mass is 9.87. The van der Waals surface area contributed by atoms with Gasteiger partial charge in [0.2, 0.25) is 0 Å². The lowest BCUT2D eigenvalue weighted by molar-refractivity contribution is -0.146. The molecule has 1 aliphatic rings. The van der Waals surface area contributed by atoms with Crippen molar-refractivity contribution >= 4 is 31.3 Å². The zero-order valence-electron chi connectivity index (χ0n) is 26.1. The molecule has 2 aromatic heterocycles. The number of aromatic nitrogens is 3. The Bertz CT molecular complexity index is 1540. The molecule has 0 saturated carbocycles. The van der Waals surface area contributed by atoms with Crippen molar-refractivity contribution in [1.82, 2.24) is 19.7 Å². The molecule has 1 saturated heterocycles. The number of hydrogen-bond acceptors (Lipinski definition) is 13. The van der Waals surface area contributed by atoms with Crippen LogP contribution >= 0.6 is 7.75 Å². The first-order valence-electron chi connectivity index (χ1n) is 14.3. The molecule has 3 heterocycles. The number of aliphatic hydroxyl groups excluding tert-OH is 2. The Morgan fingerprint density at radius 3 is 2.60 bits per heavy atom. The van der Waals surface area contributed by atoms with Crippen LogP contribution in [-0.4, -0.2) is 95.3 Å². The summed E-state index contributed by atoms with van der Waals surface area (Å²) in [5, 5.41) is 29.2. The van der Waals surface area contributed by atoms with Crippen LogP contribution in [0.1, 0.15) is 39.0 Å². The minimum Gasteiger partial charge on any atom is -0.462 e. The third-order valence-electron chi connectivity index (χ3n) is 7.29. The first-order chi connectivity index (χ1) is 21.2. The van der Waals surface area contributed by atoms with Crippen molar-refractivity contribution < 1.29 is 42.8 Å². The smallest absolute Gasteiger partial charge is 0.459 e. The lowest BCUT2D eigenvalue weighted by Gasteiger charge is -2.28. The Kier molecular flexibility index (Phi) is 10.6. The summed E-state index contributed by atoms with van der Waals surface area (Å²) in [6.45, 7) is 7.26. The number of benzene rings is 1. The summed E-state index contributed by atoms with van der Waals surface area (Å²) in [5.74, 6) is -0.312. The SMILES string of the molecule is C/N=C\[C@@]1(c2ccc3c(N)ncnn23)O[C@H](COP(=O)(N[C@@H](C)C(=O)OCCOC)Oc2ccc(C(C)(C)C)cc2)[C@@H](O)[C@H]1O. The van der Waals surface area contributed by atoms with Gasteiger partial charge < -0.3 is 34.7 Å². The number of esters is 1. The number of rotatable bonds is 13. The summed E-state index contributed by atoms with van der Waals surface area (Å²) in [5.41, 5.74) is 5.95. The van der Waals surface area contributed by atoms with Gasteiger partial charge in [-0.1, -0.05) is 32.9 Å². The maximum atomic E-state index is 14.1. The molecular weight excluding hydrogens is 607 g/mol. The molecule has 1 unspecified atom stereocenters. The molecule has 246 valence electrons. The number of methoxy groups -OCH3 is 1. The largest absolute Gasteiger partial charge is 0.462 e. The molecule has 16 heteroatoms. The number of nitrogens with two attached hydrogens (primary N) is 1. The van der Waals surface area contributed by atoms with Crippen LogP contribution in [0.25, 0.3) is 5.52 Å². The molecule has 1 fully saturated rings. The highest BCUT2D eigenvalue weighted by Crippen LogP contribution is 2.47. The van der Waals surface area contributed by atoms with Crippen LogP contribution in [0, 0.1) is 0 Å². The maximum Gasteiger partial charge on any atom is 0.459 e. The fourth-order valence-electron chi connectivity index (χ4n) is 4.86. The second kappa shape index (κ2) is 13.9. The van der Waals surface area contributed by atoms with E-state index in [0.717, 1.165) is 5.56 Å². The Labute approximate surface area is 261 Å². The number of carbonyl (C=O) groups excluding carboxylic acids is 1. The van der Waals surface area contributed by atoms with Crippen LogP contribution in [-0.2, 0) is 39.1 Å². The zero-order valence-corrected chi connectivity index (χ0v) is 27.0. The molecule has 3 aromatic rings. The molecule has 45 heavy (non-hydrogen) atoms. The zero-order chi connectivity index (χ0) is 33.0. The number of nitrogens with zero attached hydrogens (tertiary/aromatic N) is 4. The van der Waals surface area contributed by atoms with Crippen LogP contribution in [0.3, 0.4) is 0 Å². The van der Waals surface area contributed by atoms with Crippen molar-refractivity contribution in [3.8, 4) is 5.75 Å². The molecule has 15 nitrogen and oxygen atoms in total. The molecule has 4 rings (SSSR count). The minimum atomic E-state index is -4.34. The van der Waals surface area contributed by atoms with Crippen LogP contribution in [0.2, 0.25) is 0 Å². The van der Waals surface area contributed by atoms with E-state index < -0.39 is 50.3 Å². The number of aliphatic imine (C=N–C) groups is 1. The Morgan fingerprint density at radius 1 is 1.24 bits per heavy atom. The molecule has 1 aliphatic heterocycles. The van der Waals surface area contributed by atoms with E-state index in [9.17, 15) is 19.6 Å². The van der Waals surface area contributed by atoms with Gasteiger partial charge in [0.05, 0.1) is 18.9 Å². The molecule has 0 aliphatic carbocycles. The van der Waals surface area contributed by atoms with Gasteiger partial charge in [0.15, 0.2) is 11.4 Å². The van der Waals surface area contributed by atoms with E-state index in [4.69, 9.17) is 29.0 Å². The quantitative estimate of drug-likeness (QED) is 0.0908. The van der Waals surface area contributed by atoms with E-state index >= 15 is 0 Å². The van der Waals surface area contributed by atoms with E-state index in [0.29, 0.717) is 11.2 Å². The average molecular weight is 649 g/mol. The van der Waals surface area contributed by atoms with Crippen molar-refractivity contribution in [1.29, 1.82) is 0 Å². The van der Waals surface area contributed by atoms with Crippen molar-refractivity contribution in [2.24, 2.45) is 4.99 Å². The van der Waals surface area contributed by atoms with Crippen molar-refractivity contribution in [2.75, 3.05) is 39.7 Å². The summed E-state index contributed by atoms with van der Waals surface area (Å²) >= 11 is 0. The van der Waals surface area contributed by atoms with Gasteiger partial charge in [-0.15, -0.1) is 0 Å². The Morgan fingerprint density at radius 2 is 1.96 bits per heavy atom. The number of carbonyl (C=O) groups is 1. The number of anilines is 1. The van der Waals surface area contributed by atoms with E-state index in [1.165, 1.54) is 38.1 Å². The van der Waals surface area contributed by atoms with Gasteiger partial charge in [-0.05, 0) is 42.2 Å². The van der Waals surface area contributed by atoms with Gasteiger partial charge in [-0.3, -0.25) is 14.3 Å². The molecule has 0 bridgehead atoms. The predicted molar refractivity (Wildman–Crippen MR) is 165 cm³/mol. The molecule has 0 amide bonds. The number of ether oxygens (including phenoxy) is 3. The highest BCUT2D eigenvalue weighted by molar-refractivity contribution is 7.52. The predicted octanol–water partition coefficient (Wildman–Crippen LogP) is 2.00. The van der Waals surface area contributed by atoms with E-state index in [2.05, 4.69) is 40.9 Å². The number of hydrogen-bond donors (Lipinski definition) is 4. The second-order valence-electron chi connectivity index (χ2n) is 11.6. The molecule has 0 spiro atoms. The summed E-state index contributed by atoms with van der Waals surface area (Å²) in [6, 6.07) is 9.08. The molecule has 6 atom stereocenters. The molecule has 1 aromatic carbocycles. The van der Waals surface area contributed by atoms with Crippen LogP contribution in [0.15, 0.2) is 47.7 Å². The summed E-state index contributed by atoms with van der Waals surface area (Å²) in [6.07, 6.45) is -1.71. The normalized spacial score (nSPS) is 24.1. The van der Waals surface area contributed by atoms with Gasteiger partial charge in [0.25, 0.3) is 0 Å². The van der Waals surface area contributed by atoms with E-state index in [1.54, 1.807) is 24.3 Å². The standard InChI is InChI=1S/C29H41N6O9P/c1-18(27(38)41-14-13-40-6)34-45(39,44-20-9-7-19(8-10-20)28(2,3)4)42-15-22-24(36)25(37)29(43-22,16-31-5)23-12-11-21-26(30)32-17-33-35(21)23/h7-12,16-18,22,24-25,36-37H,13-15H2,1-6H3,(H,34,39)(H2,30,32,33)/b31-16-/t18-,22+,24+,25+,29-,45?/m0/s1. The number of nitrogen functional groups attached to an aromatic ring is 1. The Hall–Kier alpha value is -3.43. The fraction of sp³-hybridized carbons (Fsp3) is 0.517. The monoisotopic (exact) mass is 648 g/mol. The summed E-state index contributed by atoms with van der Waals surface area (Å²) < 4.78 is 43.4. The molecular formula is C29H41N6O9P. The number of aliphatic hydroxyl groups is 2.